The molecular formula is C14H20N2O2. The van der Waals surface area contributed by atoms with Crippen molar-refractivity contribution >= 4 is 11.8 Å². The molecule has 1 amide bonds. The highest BCUT2D eigenvalue weighted by molar-refractivity contribution is 5.71. The molecule has 0 bridgehead atoms. The van der Waals surface area contributed by atoms with Crippen LogP contribution in [0.2, 0.25) is 0 Å². The number of carbonyl (C=O) groups excluding carboxylic acids is 1. The van der Waals surface area contributed by atoms with Gasteiger partial charge in [0.05, 0.1) is 0 Å². The molecule has 1 N–H and O–H groups in total. The lowest BCUT2D eigenvalue weighted by Gasteiger charge is -2.28. The molecule has 1 aromatic carbocycles. The molecule has 1 atom stereocenters. The van der Waals surface area contributed by atoms with Crippen molar-refractivity contribution in [1.29, 1.82) is 0 Å². The van der Waals surface area contributed by atoms with E-state index in [1.54, 1.807) is 7.05 Å². The maximum absolute atomic E-state index is 11.2. The van der Waals surface area contributed by atoms with Gasteiger partial charge in [0.25, 0.3) is 0 Å². The normalized spacial score (nSPS) is 20.5. The zero-order chi connectivity index (χ0) is 13.5. The fraction of sp³-hybridized carbons (Fsp3) is 0.500. The third-order valence-electron chi connectivity index (χ3n) is 4.08. The highest BCUT2D eigenvalue weighted by Gasteiger charge is 2.40. The Hall–Kier alpha value is -1.71. The number of amides is 1. The number of nitrogens with zero attached hydrogens (tertiary/aromatic N) is 1. The predicted octanol–water partition coefficient (Wildman–Crippen LogP) is 2.52. The fourth-order valence-corrected chi connectivity index (χ4v) is 2.48. The molecule has 1 aliphatic rings. The molecule has 0 aromatic heterocycles. The van der Waals surface area contributed by atoms with Gasteiger partial charge in [-0.1, -0.05) is 13.8 Å². The molecule has 0 aliphatic carbocycles. The number of hydrogen-bond donors (Lipinski definition) is 1. The Bertz CT molecular complexity index is 483. The molecule has 98 valence electrons. The number of nitrogens with one attached hydrogen (secondary N) is 1. The van der Waals surface area contributed by atoms with E-state index in [1.807, 2.05) is 18.2 Å². The minimum atomic E-state index is -0.438. The molecule has 1 aromatic rings. The Balaban J connectivity index is 2.39. The summed E-state index contributed by atoms with van der Waals surface area (Å²) in [7, 11) is 3.65. The van der Waals surface area contributed by atoms with Crippen LogP contribution in [0.5, 0.6) is 5.75 Å². The molecule has 1 unspecified atom stereocenters. The second kappa shape index (κ2) is 4.19. The van der Waals surface area contributed by atoms with Crippen LogP contribution in [0.15, 0.2) is 18.2 Å². The lowest BCUT2D eigenvalue weighted by atomic mass is 9.81. The molecule has 4 nitrogen and oxygen atoms in total. The minimum Gasteiger partial charge on any atom is -0.410 e. The predicted molar refractivity (Wildman–Crippen MR) is 72.4 cm³/mol. The molecule has 2 rings (SSSR count). The largest absolute Gasteiger partial charge is 0.412 e. The van der Waals surface area contributed by atoms with Gasteiger partial charge in [0.15, 0.2) is 0 Å². The number of anilines is 1. The smallest absolute Gasteiger partial charge is 0.410 e. The SMILES string of the molecule is CNC(=O)Oc1ccc2c(c1)C(C)(C)C(C)N2C. The van der Waals surface area contributed by atoms with E-state index in [9.17, 15) is 4.79 Å². The van der Waals surface area contributed by atoms with Crippen LogP contribution in [0.1, 0.15) is 26.3 Å². The highest BCUT2D eigenvalue weighted by Crippen LogP contribution is 2.45. The van der Waals surface area contributed by atoms with Crippen molar-refractivity contribution in [3.05, 3.63) is 23.8 Å². The number of rotatable bonds is 1. The first-order chi connectivity index (χ1) is 8.37. The average Bonchev–Trinajstić information content (AvgIpc) is 2.51. The molecule has 1 heterocycles. The van der Waals surface area contributed by atoms with Gasteiger partial charge in [-0.2, -0.15) is 0 Å². The van der Waals surface area contributed by atoms with E-state index >= 15 is 0 Å². The van der Waals surface area contributed by atoms with E-state index in [2.05, 4.69) is 38.0 Å². The Morgan fingerprint density at radius 1 is 1.44 bits per heavy atom. The zero-order valence-corrected chi connectivity index (χ0v) is 11.6. The minimum absolute atomic E-state index is 0.0478. The van der Waals surface area contributed by atoms with Gasteiger partial charge in [-0.15, -0.1) is 0 Å². The molecule has 0 saturated heterocycles. The van der Waals surface area contributed by atoms with E-state index < -0.39 is 6.09 Å². The first kappa shape index (κ1) is 12.7. The summed E-state index contributed by atoms with van der Waals surface area (Å²) in [6.45, 7) is 6.63. The number of ether oxygens (including phenoxy) is 1. The van der Waals surface area contributed by atoms with Crippen LogP contribution in [-0.2, 0) is 5.41 Å². The summed E-state index contributed by atoms with van der Waals surface area (Å²) in [6.07, 6.45) is -0.438. The maximum atomic E-state index is 11.2. The maximum Gasteiger partial charge on any atom is 0.412 e. The number of likely N-dealkylation sites (N-methyl/N-ethyl adjacent to an activating group) is 1. The van der Waals surface area contributed by atoms with Crippen LogP contribution >= 0.6 is 0 Å². The summed E-state index contributed by atoms with van der Waals surface area (Å²) in [4.78, 5) is 13.5. The van der Waals surface area contributed by atoms with Crippen molar-refractivity contribution in [3.63, 3.8) is 0 Å². The third-order valence-corrected chi connectivity index (χ3v) is 4.08. The summed E-state index contributed by atoms with van der Waals surface area (Å²) < 4.78 is 5.18. The van der Waals surface area contributed by atoms with Crippen molar-refractivity contribution in [2.24, 2.45) is 0 Å². The summed E-state index contributed by atoms with van der Waals surface area (Å²) in [5, 5.41) is 2.45. The first-order valence-electron chi connectivity index (χ1n) is 6.15. The Morgan fingerprint density at radius 3 is 2.72 bits per heavy atom. The lowest BCUT2D eigenvalue weighted by Crippen LogP contribution is -2.36. The lowest BCUT2D eigenvalue weighted by molar-refractivity contribution is 0.203. The van der Waals surface area contributed by atoms with Crippen LogP contribution in [0.25, 0.3) is 0 Å². The third kappa shape index (κ3) is 1.82. The summed E-state index contributed by atoms with van der Waals surface area (Å²) in [5.74, 6) is 0.587. The van der Waals surface area contributed by atoms with Crippen LogP contribution in [0, 0.1) is 0 Å². The number of hydrogen-bond acceptors (Lipinski definition) is 3. The average molecular weight is 248 g/mol. The van der Waals surface area contributed by atoms with Crippen molar-refractivity contribution < 1.29 is 9.53 Å². The Morgan fingerprint density at radius 2 is 2.11 bits per heavy atom. The second-order valence-corrected chi connectivity index (χ2v) is 5.33. The standard InChI is InChI=1S/C14H20N2O2/c1-9-14(2,3)11-8-10(18-13(17)15-4)6-7-12(11)16(9)5/h6-9H,1-5H3,(H,15,17). The van der Waals surface area contributed by atoms with Gasteiger partial charge in [0.2, 0.25) is 0 Å². The van der Waals surface area contributed by atoms with Crippen LogP contribution < -0.4 is 15.0 Å². The molecular weight excluding hydrogens is 228 g/mol. The van der Waals surface area contributed by atoms with Gasteiger partial charge < -0.3 is 15.0 Å². The molecule has 0 spiro atoms. The van der Waals surface area contributed by atoms with Gasteiger partial charge in [0, 0.05) is 31.2 Å². The van der Waals surface area contributed by atoms with E-state index in [-0.39, 0.29) is 5.41 Å². The van der Waals surface area contributed by atoms with Crippen molar-refractivity contribution in [2.45, 2.75) is 32.2 Å². The van der Waals surface area contributed by atoms with Crippen molar-refractivity contribution in [2.75, 3.05) is 19.0 Å². The van der Waals surface area contributed by atoms with Crippen LogP contribution in [0.3, 0.4) is 0 Å². The molecule has 18 heavy (non-hydrogen) atoms. The molecule has 4 heteroatoms. The number of benzene rings is 1. The quantitative estimate of drug-likeness (QED) is 0.830. The Kier molecular flexibility index (Phi) is 2.97. The van der Waals surface area contributed by atoms with Crippen LogP contribution in [0.4, 0.5) is 10.5 Å². The summed E-state index contributed by atoms with van der Waals surface area (Å²) >= 11 is 0. The van der Waals surface area contributed by atoms with Gasteiger partial charge in [0.1, 0.15) is 5.75 Å². The second-order valence-electron chi connectivity index (χ2n) is 5.33. The van der Waals surface area contributed by atoms with E-state index in [0.29, 0.717) is 11.8 Å². The summed E-state index contributed by atoms with van der Waals surface area (Å²) in [5.41, 5.74) is 2.47. The number of fused-ring (bicyclic) bond motifs is 1. The van der Waals surface area contributed by atoms with E-state index in [4.69, 9.17) is 4.74 Å². The number of carbonyl (C=O) groups is 1. The zero-order valence-electron chi connectivity index (χ0n) is 11.6. The fourth-order valence-electron chi connectivity index (χ4n) is 2.48. The van der Waals surface area contributed by atoms with Crippen molar-refractivity contribution in [1.82, 2.24) is 5.32 Å². The van der Waals surface area contributed by atoms with E-state index in [0.717, 1.165) is 0 Å². The molecule has 0 saturated carbocycles. The monoisotopic (exact) mass is 248 g/mol. The van der Waals surface area contributed by atoms with Gasteiger partial charge in [-0.25, -0.2) is 4.79 Å². The molecule has 0 radical (unpaired) electrons. The van der Waals surface area contributed by atoms with E-state index in [1.165, 1.54) is 11.3 Å². The molecule has 1 aliphatic heterocycles. The van der Waals surface area contributed by atoms with Gasteiger partial charge >= 0.3 is 6.09 Å². The Labute approximate surface area is 108 Å². The summed E-state index contributed by atoms with van der Waals surface area (Å²) in [6, 6.07) is 6.23. The highest BCUT2D eigenvalue weighted by atomic mass is 16.5. The molecule has 0 fully saturated rings. The van der Waals surface area contributed by atoms with Crippen molar-refractivity contribution in [3.8, 4) is 5.75 Å². The van der Waals surface area contributed by atoms with Gasteiger partial charge in [-0.3, -0.25) is 0 Å². The topological polar surface area (TPSA) is 41.6 Å². The van der Waals surface area contributed by atoms with Gasteiger partial charge in [-0.05, 0) is 30.7 Å². The van der Waals surface area contributed by atoms with Crippen LogP contribution in [-0.4, -0.2) is 26.2 Å². The first-order valence-corrected chi connectivity index (χ1v) is 6.15.